The zero-order chi connectivity index (χ0) is 16.4. The number of hydrogen-bond donors (Lipinski definition) is 1. The van der Waals surface area contributed by atoms with Gasteiger partial charge >= 0.3 is 0 Å². The van der Waals surface area contributed by atoms with Gasteiger partial charge in [-0.05, 0) is 36.6 Å². The van der Waals surface area contributed by atoms with Crippen molar-refractivity contribution in [3.8, 4) is 0 Å². The van der Waals surface area contributed by atoms with Crippen LogP contribution >= 0.6 is 11.6 Å². The number of aryl methyl sites for hydroxylation is 2. The highest BCUT2D eigenvalue weighted by Crippen LogP contribution is 2.25. The van der Waals surface area contributed by atoms with Gasteiger partial charge < -0.3 is 5.32 Å². The van der Waals surface area contributed by atoms with Crippen LogP contribution in [0.4, 0.5) is 5.69 Å². The van der Waals surface area contributed by atoms with E-state index in [1.165, 1.54) is 0 Å². The Morgan fingerprint density at radius 3 is 2.74 bits per heavy atom. The number of nitrogens with one attached hydrogen (secondary N) is 1. The van der Waals surface area contributed by atoms with Crippen LogP contribution in [0.25, 0.3) is 10.9 Å². The van der Waals surface area contributed by atoms with Crippen LogP contribution in [0.1, 0.15) is 28.4 Å². The monoisotopic (exact) mass is 324 g/mol. The van der Waals surface area contributed by atoms with E-state index in [2.05, 4.69) is 17.2 Å². The van der Waals surface area contributed by atoms with E-state index < -0.39 is 0 Å². The number of pyridine rings is 1. The Bertz CT molecular complexity index is 890. The van der Waals surface area contributed by atoms with Crippen molar-refractivity contribution in [1.82, 2.24) is 4.98 Å². The zero-order valence-electron chi connectivity index (χ0n) is 13.1. The highest BCUT2D eigenvalue weighted by Gasteiger charge is 2.15. The molecule has 0 saturated carbocycles. The molecule has 23 heavy (non-hydrogen) atoms. The fraction of sp³-hybridized carbons (Fsp3) is 0.158. The molecule has 0 fully saturated rings. The fourth-order valence-corrected chi connectivity index (χ4v) is 2.91. The molecule has 2 aromatic carbocycles. The van der Waals surface area contributed by atoms with Gasteiger partial charge in [-0.25, -0.2) is 4.98 Å². The van der Waals surface area contributed by atoms with Crippen molar-refractivity contribution in [1.29, 1.82) is 0 Å². The van der Waals surface area contributed by atoms with Gasteiger partial charge in [0.05, 0.1) is 11.1 Å². The summed E-state index contributed by atoms with van der Waals surface area (Å²) in [4.78, 5) is 17.1. The minimum atomic E-state index is -0.172. The number of fused-ring (bicyclic) bond motifs is 1. The van der Waals surface area contributed by atoms with Crippen LogP contribution in [0.3, 0.4) is 0 Å². The van der Waals surface area contributed by atoms with Gasteiger partial charge in [0.15, 0.2) is 0 Å². The summed E-state index contributed by atoms with van der Waals surface area (Å²) in [7, 11) is 0. The van der Waals surface area contributed by atoms with Crippen LogP contribution in [0.5, 0.6) is 0 Å². The Balaban J connectivity index is 2.06. The summed E-state index contributed by atoms with van der Waals surface area (Å²) in [5.74, 6) is -0.172. The molecule has 0 aliphatic heterocycles. The quantitative estimate of drug-likeness (QED) is 0.688. The molecule has 4 heteroatoms. The number of anilines is 1. The number of carbonyl (C=O) groups excluding carboxylic acids is 1. The number of aromatic nitrogens is 1. The first kappa shape index (κ1) is 15.5. The summed E-state index contributed by atoms with van der Waals surface area (Å²) >= 11 is 6.07. The van der Waals surface area contributed by atoms with Crippen LogP contribution in [-0.4, -0.2) is 10.9 Å². The normalized spacial score (nSPS) is 10.7. The molecule has 0 atom stereocenters. The third-order valence-corrected chi connectivity index (χ3v) is 4.10. The second-order valence-corrected chi connectivity index (χ2v) is 5.81. The number of benzene rings is 2. The average Bonchev–Trinajstić information content (AvgIpc) is 2.55. The summed E-state index contributed by atoms with van der Waals surface area (Å²) in [6.07, 6.45) is 0.856. The van der Waals surface area contributed by atoms with E-state index in [1.807, 2.05) is 49.4 Å². The average molecular weight is 325 g/mol. The van der Waals surface area contributed by atoms with Gasteiger partial charge in [-0.3, -0.25) is 4.79 Å². The van der Waals surface area contributed by atoms with E-state index in [1.54, 1.807) is 6.07 Å². The van der Waals surface area contributed by atoms with Crippen LogP contribution < -0.4 is 5.32 Å². The molecule has 1 N–H and O–H groups in total. The molecule has 1 amide bonds. The summed E-state index contributed by atoms with van der Waals surface area (Å²) in [6.45, 7) is 4.07. The Morgan fingerprint density at radius 1 is 1.17 bits per heavy atom. The molecule has 0 unspecified atom stereocenters. The first-order valence-corrected chi connectivity index (χ1v) is 7.93. The van der Waals surface area contributed by atoms with Gasteiger partial charge in [0.2, 0.25) is 0 Å². The Kier molecular flexibility index (Phi) is 4.30. The zero-order valence-corrected chi connectivity index (χ0v) is 13.8. The van der Waals surface area contributed by atoms with E-state index in [0.29, 0.717) is 16.2 Å². The number of halogens is 1. The van der Waals surface area contributed by atoms with Crippen molar-refractivity contribution < 1.29 is 4.79 Å². The smallest absolute Gasteiger partial charge is 0.256 e. The maximum atomic E-state index is 12.8. The van der Waals surface area contributed by atoms with Gasteiger partial charge in [-0.2, -0.15) is 0 Å². The number of nitrogens with zero attached hydrogens (tertiary/aromatic N) is 1. The standard InChI is InChI=1S/C19H17ClN2O/c1-3-13-8-6-7-12(2)18(13)22-19(23)15-11-17(20)21-16-10-5-4-9-14(15)16/h4-11H,3H2,1-2H3,(H,22,23). The lowest BCUT2D eigenvalue weighted by Crippen LogP contribution is -2.15. The third-order valence-electron chi connectivity index (χ3n) is 3.91. The number of amides is 1. The maximum absolute atomic E-state index is 12.8. The topological polar surface area (TPSA) is 42.0 Å². The van der Waals surface area contributed by atoms with Gasteiger partial charge in [0.1, 0.15) is 5.15 Å². The number of para-hydroxylation sites is 2. The van der Waals surface area contributed by atoms with Crippen LogP contribution in [0, 0.1) is 6.92 Å². The third kappa shape index (κ3) is 3.06. The lowest BCUT2D eigenvalue weighted by atomic mass is 10.0. The molecule has 1 heterocycles. The Labute approximate surface area is 140 Å². The Hall–Kier alpha value is -2.39. The molecule has 0 radical (unpaired) electrons. The minimum absolute atomic E-state index is 0.172. The first-order chi connectivity index (χ1) is 11.1. The van der Waals surface area contributed by atoms with Crippen molar-refractivity contribution in [3.63, 3.8) is 0 Å². The molecule has 0 aliphatic carbocycles. The molecule has 3 aromatic rings. The van der Waals surface area contributed by atoms with Crippen LogP contribution in [0.2, 0.25) is 5.15 Å². The van der Waals surface area contributed by atoms with Gasteiger partial charge in [0.25, 0.3) is 5.91 Å². The van der Waals surface area contributed by atoms with E-state index in [9.17, 15) is 4.79 Å². The molecular weight excluding hydrogens is 308 g/mol. The second kappa shape index (κ2) is 6.39. The van der Waals surface area contributed by atoms with Crippen LogP contribution in [0.15, 0.2) is 48.5 Å². The lowest BCUT2D eigenvalue weighted by molar-refractivity contribution is 0.102. The highest BCUT2D eigenvalue weighted by atomic mass is 35.5. The molecular formula is C19H17ClN2O. The number of rotatable bonds is 3. The molecule has 0 aliphatic rings. The molecule has 116 valence electrons. The highest BCUT2D eigenvalue weighted by molar-refractivity contribution is 6.30. The van der Waals surface area contributed by atoms with Crippen molar-refractivity contribution in [2.75, 3.05) is 5.32 Å². The molecule has 0 spiro atoms. The van der Waals surface area contributed by atoms with Crippen molar-refractivity contribution in [3.05, 3.63) is 70.4 Å². The molecule has 0 bridgehead atoms. The molecule has 3 nitrogen and oxygen atoms in total. The second-order valence-electron chi connectivity index (χ2n) is 5.43. The van der Waals surface area contributed by atoms with E-state index >= 15 is 0 Å². The summed E-state index contributed by atoms with van der Waals surface area (Å²) < 4.78 is 0. The minimum Gasteiger partial charge on any atom is -0.321 e. The Morgan fingerprint density at radius 2 is 1.96 bits per heavy atom. The van der Waals surface area contributed by atoms with E-state index in [4.69, 9.17) is 11.6 Å². The van der Waals surface area contributed by atoms with Crippen molar-refractivity contribution in [2.24, 2.45) is 0 Å². The van der Waals surface area contributed by atoms with Gasteiger partial charge in [-0.15, -0.1) is 0 Å². The summed E-state index contributed by atoms with van der Waals surface area (Å²) in [5, 5.41) is 4.15. The van der Waals surface area contributed by atoms with E-state index in [-0.39, 0.29) is 5.91 Å². The maximum Gasteiger partial charge on any atom is 0.256 e. The predicted molar refractivity (Wildman–Crippen MR) is 95.3 cm³/mol. The van der Waals surface area contributed by atoms with E-state index in [0.717, 1.165) is 28.6 Å². The molecule has 1 aromatic heterocycles. The summed E-state index contributed by atoms with van der Waals surface area (Å²) in [6, 6.07) is 15.1. The SMILES string of the molecule is CCc1cccc(C)c1NC(=O)c1cc(Cl)nc2ccccc12. The van der Waals surface area contributed by atoms with Gasteiger partial charge in [-0.1, -0.05) is 54.9 Å². The fourth-order valence-electron chi connectivity index (χ4n) is 2.71. The molecule has 0 saturated heterocycles. The predicted octanol–water partition coefficient (Wildman–Crippen LogP) is 5.01. The van der Waals surface area contributed by atoms with Gasteiger partial charge in [0, 0.05) is 11.1 Å². The van der Waals surface area contributed by atoms with Crippen LogP contribution in [-0.2, 0) is 6.42 Å². The van der Waals surface area contributed by atoms with Crippen molar-refractivity contribution >= 4 is 34.1 Å². The summed E-state index contributed by atoms with van der Waals surface area (Å²) in [5.41, 5.74) is 4.28. The lowest BCUT2D eigenvalue weighted by Gasteiger charge is -2.14. The largest absolute Gasteiger partial charge is 0.321 e. The van der Waals surface area contributed by atoms with Crippen molar-refractivity contribution in [2.45, 2.75) is 20.3 Å². The first-order valence-electron chi connectivity index (χ1n) is 7.55. The number of carbonyl (C=O) groups is 1. The number of hydrogen-bond acceptors (Lipinski definition) is 2. The molecule has 3 rings (SSSR count).